The van der Waals surface area contributed by atoms with E-state index in [2.05, 4.69) is 10.6 Å². The molecular weight excluding hydrogens is 394 g/mol. The van der Waals surface area contributed by atoms with Gasteiger partial charge in [0.05, 0.1) is 18.6 Å². The van der Waals surface area contributed by atoms with Crippen molar-refractivity contribution >= 4 is 29.4 Å². The van der Waals surface area contributed by atoms with E-state index in [1.165, 1.54) is 0 Å². The molecule has 4 N–H and O–H groups in total. The molecule has 8 heteroatoms. The lowest BCUT2D eigenvalue weighted by Gasteiger charge is -2.26. The third-order valence-electron chi connectivity index (χ3n) is 5.59. The first kappa shape index (κ1) is 23.2. The number of benzene rings is 1. The summed E-state index contributed by atoms with van der Waals surface area (Å²) in [5.41, 5.74) is 0.855. The summed E-state index contributed by atoms with van der Waals surface area (Å²) in [5, 5.41) is 19.5. The molecule has 0 bridgehead atoms. The van der Waals surface area contributed by atoms with Gasteiger partial charge in [0.1, 0.15) is 0 Å². The zero-order chi connectivity index (χ0) is 21.4. The fraction of sp³-hybridized carbons (Fsp3) is 0.571. The lowest BCUT2D eigenvalue weighted by Crippen LogP contribution is -2.89. The first-order chi connectivity index (χ1) is 13.8. The molecule has 1 aromatic carbocycles. The van der Waals surface area contributed by atoms with Crippen LogP contribution in [0.1, 0.15) is 51.0 Å². The first-order valence-corrected chi connectivity index (χ1v) is 10.6. The van der Waals surface area contributed by atoms with E-state index < -0.39 is 12.0 Å². The van der Waals surface area contributed by atoms with Crippen LogP contribution in [0.15, 0.2) is 24.3 Å². The molecule has 0 aromatic heterocycles. The molecule has 0 unspecified atom stereocenters. The topological polar surface area (TPSA) is 115 Å². The second-order valence-electron chi connectivity index (χ2n) is 7.72. The van der Waals surface area contributed by atoms with E-state index in [0.29, 0.717) is 11.4 Å². The average Bonchev–Trinajstić information content (AvgIpc) is 3.24. The highest BCUT2D eigenvalue weighted by Gasteiger charge is 2.28. The van der Waals surface area contributed by atoms with Gasteiger partial charge in [-0.2, -0.15) is 0 Å². The number of hydrogen-bond donors (Lipinski definition) is 3. The Bertz CT molecular complexity index is 704. The summed E-state index contributed by atoms with van der Waals surface area (Å²) < 4.78 is 0. The second-order valence-corrected chi connectivity index (χ2v) is 8.16. The maximum absolute atomic E-state index is 12.6. The van der Waals surface area contributed by atoms with E-state index in [9.17, 15) is 19.5 Å². The Labute approximate surface area is 176 Å². The Hall–Kier alpha value is -2.12. The molecule has 2 amide bonds. The molecule has 1 heterocycles. The second kappa shape index (κ2) is 11.2. The molecule has 1 aromatic rings. The molecule has 2 rings (SSSR count). The number of hydrogen-bond acceptors (Lipinski definition) is 4. The minimum Gasteiger partial charge on any atom is -0.548 e. The molecule has 0 saturated carbocycles. The maximum atomic E-state index is 12.6. The van der Waals surface area contributed by atoms with Gasteiger partial charge in [0.25, 0.3) is 5.91 Å². The highest BCUT2D eigenvalue weighted by molar-refractivity contribution is 6.30. The molecule has 29 heavy (non-hydrogen) atoms. The number of amides is 2. The van der Waals surface area contributed by atoms with Gasteiger partial charge in [0, 0.05) is 36.7 Å². The van der Waals surface area contributed by atoms with Gasteiger partial charge in [0.2, 0.25) is 5.91 Å². The van der Waals surface area contributed by atoms with E-state index in [4.69, 9.17) is 11.6 Å². The summed E-state index contributed by atoms with van der Waals surface area (Å²) in [6, 6.07) is 5.98. The van der Waals surface area contributed by atoms with Crippen molar-refractivity contribution in [1.29, 1.82) is 0 Å². The van der Waals surface area contributed by atoms with Crippen molar-refractivity contribution < 1.29 is 24.8 Å². The van der Waals surface area contributed by atoms with Crippen LogP contribution in [0.2, 0.25) is 5.02 Å². The van der Waals surface area contributed by atoms with E-state index in [1.54, 1.807) is 19.1 Å². The van der Waals surface area contributed by atoms with Crippen LogP contribution in [0.25, 0.3) is 0 Å². The predicted octanol–water partition coefficient (Wildman–Crippen LogP) is -0.0635. The van der Waals surface area contributed by atoms with E-state index in [1.807, 2.05) is 24.4 Å². The Morgan fingerprint density at radius 2 is 1.97 bits per heavy atom. The summed E-state index contributed by atoms with van der Waals surface area (Å²) >= 11 is 5.96. The van der Waals surface area contributed by atoms with Crippen LogP contribution < -0.4 is 21.1 Å². The Balaban J connectivity index is 2.05. The zero-order valence-electron chi connectivity index (χ0n) is 16.9. The number of aliphatic carboxylic acids is 1. The van der Waals surface area contributed by atoms with E-state index in [0.717, 1.165) is 24.9 Å². The van der Waals surface area contributed by atoms with Crippen molar-refractivity contribution in [1.82, 2.24) is 10.6 Å². The average molecular weight is 424 g/mol. The molecule has 1 saturated heterocycles. The third kappa shape index (κ3) is 7.01. The fourth-order valence-electron chi connectivity index (χ4n) is 3.54. The number of nitrogens with two attached hydrogens (primary N) is 1. The van der Waals surface area contributed by atoms with Crippen LogP contribution in [0, 0.1) is 5.92 Å². The number of quaternary nitrogens is 1. The lowest BCUT2D eigenvalue weighted by molar-refractivity contribution is -0.657. The number of halogens is 1. The van der Waals surface area contributed by atoms with Gasteiger partial charge in [0.15, 0.2) is 6.04 Å². The third-order valence-corrected chi connectivity index (χ3v) is 5.84. The van der Waals surface area contributed by atoms with Crippen molar-refractivity contribution in [2.24, 2.45) is 5.92 Å². The molecule has 0 spiro atoms. The van der Waals surface area contributed by atoms with Gasteiger partial charge in [-0.15, -0.1) is 0 Å². The summed E-state index contributed by atoms with van der Waals surface area (Å²) in [4.78, 5) is 36.3. The van der Waals surface area contributed by atoms with Gasteiger partial charge in [-0.25, -0.2) is 0 Å². The molecule has 7 nitrogen and oxygen atoms in total. The van der Waals surface area contributed by atoms with Crippen LogP contribution in [0.5, 0.6) is 0 Å². The minimum absolute atomic E-state index is 0.0333. The minimum atomic E-state index is -1.29. The summed E-state index contributed by atoms with van der Waals surface area (Å²) in [5.74, 6) is -2.25. The summed E-state index contributed by atoms with van der Waals surface area (Å²) in [6.45, 7) is 4.85. The lowest BCUT2D eigenvalue weighted by atomic mass is 9.94. The Morgan fingerprint density at radius 1 is 1.28 bits per heavy atom. The molecule has 1 aliphatic rings. The van der Waals surface area contributed by atoms with Gasteiger partial charge in [-0.1, -0.05) is 44.0 Å². The quantitative estimate of drug-likeness (QED) is 0.488. The number of nitrogens with one attached hydrogen (secondary N) is 2. The standard InChI is InChI=1S/C21H30ClN3O4/c1-3-13(2)19(21(28)29)25-18(26)11-15(14-6-8-16(22)9-7-14)12-24-20(27)17-5-4-10-23-17/h6-9,13,15,17,19,23H,3-5,10-12H2,1-2H3,(H,24,27)(H,25,26)(H,28,29)/t13-,15+,17+,19+/m1/s1. The summed E-state index contributed by atoms with van der Waals surface area (Å²) in [6.07, 6.45) is 2.52. The molecule has 0 radical (unpaired) electrons. The van der Waals surface area contributed by atoms with Crippen molar-refractivity contribution in [2.45, 2.75) is 57.5 Å². The Morgan fingerprint density at radius 3 is 2.52 bits per heavy atom. The summed E-state index contributed by atoms with van der Waals surface area (Å²) in [7, 11) is 0. The first-order valence-electron chi connectivity index (χ1n) is 10.2. The number of rotatable bonds is 10. The van der Waals surface area contributed by atoms with Crippen LogP contribution in [-0.4, -0.2) is 43.0 Å². The van der Waals surface area contributed by atoms with Gasteiger partial charge in [-0.3, -0.25) is 9.59 Å². The molecule has 0 aliphatic carbocycles. The smallest absolute Gasteiger partial charge is 0.278 e. The number of carboxylic acid groups (broad SMARTS) is 1. The van der Waals surface area contributed by atoms with Gasteiger partial charge in [-0.05, 0) is 23.6 Å². The predicted molar refractivity (Wildman–Crippen MR) is 108 cm³/mol. The van der Waals surface area contributed by atoms with Crippen LogP contribution in [0.3, 0.4) is 0 Å². The van der Waals surface area contributed by atoms with Crippen molar-refractivity contribution in [3.05, 3.63) is 34.9 Å². The monoisotopic (exact) mass is 423 g/mol. The van der Waals surface area contributed by atoms with Gasteiger partial charge < -0.3 is 25.9 Å². The SMILES string of the molecule is CC[C@@H](C)[C@H](NC(=O)C[C@@H](CNC(=O)[C@@H]1CCC[NH2+]1)c1ccc(Cl)cc1)C(=O)[O-]. The normalized spacial score (nSPS) is 19.2. The number of carboxylic acids is 1. The van der Waals surface area contributed by atoms with E-state index >= 15 is 0 Å². The van der Waals surface area contributed by atoms with E-state index in [-0.39, 0.29) is 42.7 Å². The van der Waals surface area contributed by atoms with Crippen LogP contribution in [0.4, 0.5) is 0 Å². The zero-order valence-corrected chi connectivity index (χ0v) is 17.7. The highest BCUT2D eigenvalue weighted by Crippen LogP contribution is 2.22. The van der Waals surface area contributed by atoms with Gasteiger partial charge >= 0.3 is 0 Å². The largest absolute Gasteiger partial charge is 0.548 e. The highest BCUT2D eigenvalue weighted by atomic mass is 35.5. The van der Waals surface area contributed by atoms with Crippen LogP contribution >= 0.6 is 11.6 Å². The maximum Gasteiger partial charge on any atom is 0.278 e. The molecule has 1 aliphatic heterocycles. The Kier molecular flexibility index (Phi) is 8.92. The number of carbonyl (C=O) groups is 3. The fourth-order valence-corrected chi connectivity index (χ4v) is 3.66. The number of carbonyl (C=O) groups excluding carboxylic acids is 3. The van der Waals surface area contributed by atoms with Crippen molar-refractivity contribution in [3.63, 3.8) is 0 Å². The molecular formula is C21H30ClN3O4. The molecule has 160 valence electrons. The van der Waals surface area contributed by atoms with Crippen molar-refractivity contribution in [2.75, 3.05) is 13.1 Å². The molecule has 1 fully saturated rings. The van der Waals surface area contributed by atoms with Crippen molar-refractivity contribution in [3.8, 4) is 0 Å². The molecule has 4 atom stereocenters. The van der Waals surface area contributed by atoms with Crippen LogP contribution in [-0.2, 0) is 14.4 Å².